The van der Waals surface area contributed by atoms with E-state index in [0.717, 1.165) is 19.4 Å². The predicted octanol–water partition coefficient (Wildman–Crippen LogP) is 3.11. The molecule has 0 spiro atoms. The summed E-state index contributed by atoms with van der Waals surface area (Å²) in [4.78, 5) is 12.1. The van der Waals surface area contributed by atoms with Crippen LogP contribution in [0.25, 0.3) is 0 Å². The molecule has 1 aromatic rings. The van der Waals surface area contributed by atoms with Crippen LogP contribution in [0.3, 0.4) is 0 Å². The molecule has 1 unspecified atom stereocenters. The van der Waals surface area contributed by atoms with Crippen LogP contribution in [0, 0.1) is 11.3 Å². The van der Waals surface area contributed by atoms with Crippen molar-refractivity contribution in [1.82, 2.24) is 5.32 Å². The van der Waals surface area contributed by atoms with Crippen LogP contribution in [-0.4, -0.2) is 25.2 Å². The maximum Gasteiger partial charge on any atom is 0.267 e. The number of benzene rings is 1. The third-order valence-corrected chi connectivity index (χ3v) is 3.72. The van der Waals surface area contributed by atoms with Gasteiger partial charge in [-0.2, -0.15) is 5.26 Å². The molecule has 22 heavy (non-hydrogen) atoms. The molecule has 0 radical (unpaired) electrons. The van der Waals surface area contributed by atoms with E-state index in [9.17, 15) is 4.79 Å². The number of nitrogens with one attached hydrogen (secondary N) is 2. The van der Waals surface area contributed by atoms with E-state index >= 15 is 0 Å². The molecule has 0 saturated carbocycles. The minimum absolute atomic E-state index is 0.0472. The number of rotatable bonds is 5. The molecule has 0 aliphatic carbocycles. The van der Waals surface area contributed by atoms with Crippen LogP contribution in [0.5, 0.6) is 0 Å². The molecule has 0 bridgehead atoms. The first-order valence-corrected chi connectivity index (χ1v) is 7.57. The van der Waals surface area contributed by atoms with Gasteiger partial charge in [0, 0.05) is 24.4 Å². The summed E-state index contributed by atoms with van der Waals surface area (Å²) in [5, 5.41) is 15.4. The van der Waals surface area contributed by atoms with Gasteiger partial charge in [-0.1, -0.05) is 23.2 Å². The summed E-state index contributed by atoms with van der Waals surface area (Å²) >= 11 is 11.8. The van der Waals surface area contributed by atoms with E-state index in [0.29, 0.717) is 22.3 Å². The van der Waals surface area contributed by atoms with E-state index in [-0.39, 0.29) is 11.7 Å². The maximum atomic E-state index is 12.1. The Morgan fingerprint density at radius 1 is 1.50 bits per heavy atom. The van der Waals surface area contributed by atoms with Crippen molar-refractivity contribution in [1.29, 1.82) is 5.26 Å². The number of carbonyl (C=O) groups is 1. The number of halogens is 2. The van der Waals surface area contributed by atoms with Crippen molar-refractivity contribution in [3.63, 3.8) is 0 Å². The fraction of sp³-hybridized carbons (Fsp3) is 0.333. The summed E-state index contributed by atoms with van der Waals surface area (Å²) in [5.74, 6) is -0.550. The van der Waals surface area contributed by atoms with Gasteiger partial charge in [0.2, 0.25) is 0 Å². The molecular weight excluding hydrogens is 325 g/mol. The van der Waals surface area contributed by atoms with Crippen molar-refractivity contribution in [2.45, 2.75) is 18.9 Å². The van der Waals surface area contributed by atoms with Crippen LogP contribution in [0.4, 0.5) is 5.69 Å². The fourth-order valence-corrected chi connectivity index (χ4v) is 2.37. The number of carbonyl (C=O) groups excluding carboxylic acids is 1. The lowest BCUT2D eigenvalue weighted by molar-refractivity contribution is -0.112. The number of hydrogen-bond donors (Lipinski definition) is 2. The normalized spacial score (nSPS) is 17.9. The van der Waals surface area contributed by atoms with Gasteiger partial charge in [0.25, 0.3) is 5.91 Å². The first kappa shape index (κ1) is 16.6. The summed E-state index contributed by atoms with van der Waals surface area (Å²) < 4.78 is 5.45. The lowest BCUT2D eigenvalue weighted by Crippen LogP contribution is -2.24. The third-order valence-electron chi connectivity index (χ3n) is 3.16. The molecule has 7 heteroatoms. The Balaban J connectivity index is 1.96. The van der Waals surface area contributed by atoms with Crippen molar-refractivity contribution < 1.29 is 9.53 Å². The van der Waals surface area contributed by atoms with E-state index in [1.165, 1.54) is 12.3 Å². The van der Waals surface area contributed by atoms with Gasteiger partial charge in [0.1, 0.15) is 11.6 Å². The molecule has 1 saturated heterocycles. The second kappa shape index (κ2) is 8.04. The highest BCUT2D eigenvalue weighted by atomic mass is 35.5. The van der Waals surface area contributed by atoms with Crippen molar-refractivity contribution in [2.75, 3.05) is 18.5 Å². The van der Waals surface area contributed by atoms with Gasteiger partial charge in [0.05, 0.1) is 16.8 Å². The Morgan fingerprint density at radius 2 is 2.32 bits per heavy atom. The number of ether oxygens (including phenoxy) is 1. The zero-order chi connectivity index (χ0) is 15.9. The monoisotopic (exact) mass is 339 g/mol. The number of nitriles is 1. The summed E-state index contributed by atoms with van der Waals surface area (Å²) in [6.07, 6.45) is 3.53. The van der Waals surface area contributed by atoms with E-state index in [4.69, 9.17) is 33.2 Å². The second-order valence-corrected chi connectivity index (χ2v) is 5.64. The Bertz CT molecular complexity index is 620. The molecular formula is C15H15Cl2N3O2. The van der Waals surface area contributed by atoms with Gasteiger partial charge >= 0.3 is 0 Å². The first-order valence-electron chi connectivity index (χ1n) is 6.82. The highest BCUT2D eigenvalue weighted by Crippen LogP contribution is 2.25. The van der Waals surface area contributed by atoms with Crippen LogP contribution >= 0.6 is 23.2 Å². The lowest BCUT2D eigenvalue weighted by Gasteiger charge is -2.10. The Hall–Kier alpha value is -1.74. The summed E-state index contributed by atoms with van der Waals surface area (Å²) in [7, 11) is 0. The summed E-state index contributed by atoms with van der Waals surface area (Å²) in [6, 6.07) is 6.56. The highest BCUT2D eigenvalue weighted by Gasteiger charge is 2.15. The molecule has 5 nitrogen and oxygen atoms in total. The van der Waals surface area contributed by atoms with Gasteiger partial charge in [-0.15, -0.1) is 0 Å². The molecule has 2 rings (SSSR count). The molecule has 1 aromatic carbocycles. The van der Waals surface area contributed by atoms with Crippen molar-refractivity contribution in [3.05, 3.63) is 40.0 Å². The molecule has 1 atom stereocenters. The van der Waals surface area contributed by atoms with Gasteiger partial charge in [-0.3, -0.25) is 4.79 Å². The molecule has 1 heterocycles. The zero-order valence-corrected chi connectivity index (χ0v) is 13.2. The average Bonchev–Trinajstić information content (AvgIpc) is 3.00. The standard InChI is InChI=1S/C15H15Cl2N3O2/c16-11-3-4-13(17)14(6-11)20-15(21)10(7-18)8-19-9-12-2-1-5-22-12/h3-4,6,8,12,19H,1-2,5,9H2,(H,20,21)/b10-8-. The molecule has 2 N–H and O–H groups in total. The molecule has 1 fully saturated rings. The topological polar surface area (TPSA) is 74.1 Å². The number of anilines is 1. The van der Waals surface area contributed by atoms with E-state index in [1.54, 1.807) is 12.1 Å². The van der Waals surface area contributed by atoms with Crippen LogP contribution in [0.1, 0.15) is 12.8 Å². The van der Waals surface area contributed by atoms with Crippen molar-refractivity contribution >= 4 is 34.8 Å². The zero-order valence-electron chi connectivity index (χ0n) is 11.7. The quantitative estimate of drug-likeness (QED) is 0.638. The molecule has 0 aromatic heterocycles. The average molecular weight is 340 g/mol. The molecule has 116 valence electrons. The maximum absolute atomic E-state index is 12.1. The van der Waals surface area contributed by atoms with E-state index in [1.807, 2.05) is 6.07 Å². The van der Waals surface area contributed by atoms with Crippen molar-refractivity contribution in [2.24, 2.45) is 0 Å². The summed E-state index contributed by atoms with van der Waals surface area (Å²) in [6.45, 7) is 1.32. The van der Waals surface area contributed by atoms with Crippen LogP contribution in [-0.2, 0) is 9.53 Å². The number of amides is 1. The van der Waals surface area contributed by atoms with Gasteiger partial charge in [0.15, 0.2) is 0 Å². The highest BCUT2D eigenvalue weighted by molar-refractivity contribution is 6.35. The van der Waals surface area contributed by atoms with Crippen LogP contribution in [0.2, 0.25) is 10.0 Å². The Labute approximate surface area is 138 Å². The van der Waals surface area contributed by atoms with E-state index in [2.05, 4.69) is 10.6 Å². The number of hydrogen-bond acceptors (Lipinski definition) is 4. The molecule has 1 amide bonds. The second-order valence-electron chi connectivity index (χ2n) is 4.79. The van der Waals surface area contributed by atoms with E-state index < -0.39 is 5.91 Å². The smallest absolute Gasteiger partial charge is 0.267 e. The first-order chi connectivity index (χ1) is 10.6. The summed E-state index contributed by atoms with van der Waals surface area (Å²) in [5.41, 5.74) is 0.313. The fourth-order valence-electron chi connectivity index (χ4n) is 2.03. The Kier molecular flexibility index (Phi) is 6.08. The SMILES string of the molecule is N#C/C(=C/NCC1CCCO1)C(=O)Nc1cc(Cl)ccc1Cl. The van der Waals surface area contributed by atoms with Crippen LogP contribution < -0.4 is 10.6 Å². The third kappa shape index (κ3) is 4.63. The van der Waals surface area contributed by atoms with Crippen LogP contribution in [0.15, 0.2) is 30.0 Å². The lowest BCUT2D eigenvalue weighted by atomic mass is 10.2. The minimum Gasteiger partial charge on any atom is -0.387 e. The molecule has 1 aliphatic rings. The van der Waals surface area contributed by atoms with Gasteiger partial charge in [-0.25, -0.2) is 0 Å². The van der Waals surface area contributed by atoms with Gasteiger partial charge < -0.3 is 15.4 Å². The number of nitrogens with zero attached hydrogens (tertiary/aromatic N) is 1. The largest absolute Gasteiger partial charge is 0.387 e. The molecule has 1 aliphatic heterocycles. The van der Waals surface area contributed by atoms with Crippen molar-refractivity contribution in [3.8, 4) is 6.07 Å². The predicted molar refractivity (Wildman–Crippen MR) is 85.8 cm³/mol. The van der Waals surface area contributed by atoms with Gasteiger partial charge in [-0.05, 0) is 31.0 Å². The minimum atomic E-state index is -0.550. The Morgan fingerprint density at radius 3 is 3.00 bits per heavy atom.